The first-order chi connectivity index (χ1) is 11.2. The summed E-state index contributed by atoms with van der Waals surface area (Å²) in [5.41, 5.74) is 1.31. The van der Waals surface area contributed by atoms with Gasteiger partial charge < -0.3 is 4.90 Å². The molecule has 1 saturated heterocycles. The number of urea groups is 1. The molecule has 2 aliphatic rings. The molecule has 2 aromatic heterocycles. The summed E-state index contributed by atoms with van der Waals surface area (Å²) in [5.74, 6) is 0.988. The van der Waals surface area contributed by atoms with Crippen LogP contribution in [0.2, 0.25) is 0 Å². The van der Waals surface area contributed by atoms with Crippen LogP contribution in [-0.4, -0.2) is 38.8 Å². The van der Waals surface area contributed by atoms with Crippen LogP contribution in [-0.2, 0) is 19.9 Å². The van der Waals surface area contributed by atoms with E-state index in [4.69, 9.17) is 4.98 Å². The van der Waals surface area contributed by atoms with Crippen molar-refractivity contribution >= 4 is 23.2 Å². The van der Waals surface area contributed by atoms with Gasteiger partial charge in [-0.05, 0) is 32.1 Å². The Kier molecular flexibility index (Phi) is 3.80. The lowest BCUT2D eigenvalue weighted by Crippen LogP contribution is -2.41. The molecular weight excluding hydrogens is 310 g/mol. The first-order valence-electron chi connectivity index (χ1n) is 8.23. The maximum Gasteiger partial charge on any atom is 0.323 e. The van der Waals surface area contributed by atoms with Gasteiger partial charge in [0.25, 0.3) is 0 Å². The first kappa shape index (κ1) is 14.7. The second kappa shape index (κ2) is 5.96. The van der Waals surface area contributed by atoms with Gasteiger partial charge in [-0.25, -0.2) is 9.78 Å². The molecule has 0 radical (unpaired) electrons. The number of likely N-dealkylation sites (tertiary alicyclic amines) is 1. The maximum absolute atomic E-state index is 12.4. The molecule has 0 aromatic carbocycles. The van der Waals surface area contributed by atoms with Crippen molar-refractivity contribution in [2.45, 2.75) is 38.0 Å². The van der Waals surface area contributed by atoms with Gasteiger partial charge in [-0.3, -0.25) is 10.00 Å². The number of aromatic nitrogens is 3. The summed E-state index contributed by atoms with van der Waals surface area (Å²) in [5, 5.41) is 8.31. The number of piperidine rings is 1. The minimum Gasteiger partial charge on any atom is -0.324 e. The summed E-state index contributed by atoms with van der Waals surface area (Å²) < 4.78 is 1.69. The molecule has 1 N–H and O–H groups in total. The van der Waals surface area contributed by atoms with Crippen LogP contribution < -0.4 is 5.32 Å². The molecule has 1 aliphatic heterocycles. The summed E-state index contributed by atoms with van der Waals surface area (Å²) in [7, 11) is 1.84. The number of rotatable bonds is 2. The number of fused-ring (bicyclic) bond motifs is 1. The molecule has 23 heavy (non-hydrogen) atoms. The van der Waals surface area contributed by atoms with Crippen LogP contribution in [0, 0.1) is 0 Å². The van der Waals surface area contributed by atoms with Crippen LogP contribution in [0.15, 0.2) is 12.3 Å². The highest BCUT2D eigenvalue weighted by molar-refractivity contribution is 7.11. The molecule has 3 heterocycles. The standard InChI is InChI=1S/C16H21N5OS/c1-20-9-7-14(19-20)18-16(22)21-8-3-4-11(10-21)15-17-12-5-2-6-13(12)23-15/h7,9,11H,2-6,8,10H2,1H3,(H,18,19,22). The number of thiazole rings is 1. The SMILES string of the molecule is Cn1ccc(NC(=O)N2CCCC(c3nc4c(s3)CCC4)C2)n1. The molecule has 0 bridgehead atoms. The number of anilines is 1. The Morgan fingerprint density at radius 2 is 2.30 bits per heavy atom. The van der Waals surface area contributed by atoms with Crippen LogP contribution in [0.3, 0.4) is 0 Å². The maximum atomic E-state index is 12.4. The summed E-state index contributed by atoms with van der Waals surface area (Å²) in [6.07, 6.45) is 7.54. The Morgan fingerprint density at radius 1 is 1.39 bits per heavy atom. The van der Waals surface area contributed by atoms with E-state index < -0.39 is 0 Å². The number of amides is 2. The first-order valence-corrected chi connectivity index (χ1v) is 9.05. The van der Waals surface area contributed by atoms with Crippen LogP contribution in [0.1, 0.15) is 40.8 Å². The van der Waals surface area contributed by atoms with Gasteiger partial charge in [-0.1, -0.05) is 0 Å². The van der Waals surface area contributed by atoms with Crippen molar-refractivity contribution in [2.75, 3.05) is 18.4 Å². The van der Waals surface area contributed by atoms with Crippen LogP contribution in [0.4, 0.5) is 10.6 Å². The Balaban J connectivity index is 1.42. The molecule has 2 aromatic rings. The quantitative estimate of drug-likeness (QED) is 0.920. The van der Waals surface area contributed by atoms with Crippen molar-refractivity contribution in [1.82, 2.24) is 19.7 Å². The molecule has 1 aliphatic carbocycles. The third kappa shape index (κ3) is 2.97. The molecule has 1 fully saturated rings. The van der Waals surface area contributed by atoms with Gasteiger partial charge in [0, 0.05) is 43.2 Å². The normalized spacial score (nSPS) is 20.6. The minimum absolute atomic E-state index is 0.0579. The topological polar surface area (TPSA) is 63.1 Å². The summed E-state index contributed by atoms with van der Waals surface area (Å²) >= 11 is 1.86. The Bertz CT molecular complexity index is 700. The number of nitrogens with zero attached hydrogens (tertiary/aromatic N) is 4. The highest BCUT2D eigenvalue weighted by atomic mass is 32.1. The Morgan fingerprint density at radius 3 is 3.09 bits per heavy atom. The van der Waals surface area contributed by atoms with E-state index in [1.165, 1.54) is 28.4 Å². The minimum atomic E-state index is -0.0579. The number of carbonyl (C=O) groups is 1. The predicted molar refractivity (Wildman–Crippen MR) is 89.9 cm³/mol. The predicted octanol–water partition coefficient (Wildman–Crippen LogP) is 2.78. The Hall–Kier alpha value is -1.89. The van der Waals surface area contributed by atoms with Crippen molar-refractivity contribution in [2.24, 2.45) is 7.05 Å². The van der Waals surface area contributed by atoms with Gasteiger partial charge in [-0.15, -0.1) is 11.3 Å². The van der Waals surface area contributed by atoms with Gasteiger partial charge in [0.05, 0.1) is 10.7 Å². The third-order valence-electron chi connectivity index (χ3n) is 4.62. The van der Waals surface area contributed by atoms with Gasteiger partial charge in [0.15, 0.2) is 5.82 Å². The van der Waals surface area contributed by atoms with Crippen molar-refractivity contribution in [3.8, 4) is 0 Å². The molecule has 0 spiro atoms. The Labute approximate surface area is 139 Å². The average Bonchev–Trinajstić information content (AvgIpc) is 3.23. The lowest BCUT2D eigenvalue weighted by atomic mass is 9.99. The van der Waals surface area contributed by atoms with Crippen molar-refractivity contribution in [1.29, 1.82) is 0 Å². The zero-order chi connectivity index (χ0) is 15.8. The van der Waals surface area contributed by atoms with Crippen molar-refractivity contribution < 1.29 is 4.79 Å². The van der Waals surface area contributed by atoms with E-state index in [0.29, 0.717) is 11.7 Å². The molecule has 6 nitrogen and oxygen atoms in total. The molecule has 7 heteroatoms. The lowest BCUT2D eigenvalue weighted by molar-refractivity contribution is 0.192. The van der Waals surface area contributed by atoms with Gasteiger partial charge in [0.2, 0.25) is 0 Å². The smallest absolute Gasteiger partial charge is 0.323 e. The fourth-order valence-electron chi connectivity index (χ4n) is 3.42. The van der Waals surface area contributed by atoms with Crippen LogP contribution in [0.25, 0.3) is 0 Å². The summed E-state index contributed by atoms with van der Waals surface area (Å²) in [4.78, 5) is 20.6. The van der Waals surface area contributed by atoms with E-state index in [1.54, 1.807) is 4.68 Å². The molecule has 4 rings (SSSR count). The van der Waals surface area contributed by atoms with E-state index in [0.717, 1.165) is 32.4 Å². The third-order valence-corrected chi connectivity index (χ3v) is 5.94. The summed E-state index contributed by atoms with van der Waals surface area (Å²) in [6.45, 7) is 1.56. The molecule has 0 saturated carbocycles. The van der Waals surface area contributed by atoms with Crippen molar-refractivity contribution in [3.63, 3.8) is 0 Å². The van der Waals surface area contributed by atoms with E-state index in [-0.39, 0.29) is 6.03 Å². The molecular formula is C16H21N5OS. The fourth-order valence-corrected chi connectivity index (χ4v) is 4.70. The van der Waals surface area contributed by atoms with Gasteiger partial charge in [0.1, 0.15) is 0 Å². The molecule has 1 unspecified atom stereocenters. The fraction of sp³-hybridized carbons (Fsp3) is 0.562. The number of hydrogen-bond donors (Lipinski definition) is 1. The number of hydrogen-bond acceptors (Lipinski definition) is 4. The van der Waals surface area contributed by atoms with Gasteiger partial charge >= 0.3 is 6.03 Å². The largest absolute Gasteiger partial charge is 0.324 e. The van der Waals surface area contributed by atoms with E-state index in [1.807, 2.05) is 35.5 Å². The number of nitrogens with one attached hydrogen (secondary N) is 1. The molecule has 1 atom stereocenters. The van der Waals surface area contributed by atoms with Crippen LogP contribution in [0.5, 0.6) is 0 Å². The zero-order valence-corrected chi connectivity index (χ0v) is 14.1. The van der Waals surface area contributed by atoms with Crippen LogP contribution >= 0.6 is 11.3 Å². The van der Waals surface area contributed by atoms with Gasteiger partial charge in [-0.2, -0.15) is 5.10 Å². The highest BCUT2D eigenvalue weighted by Crippen LogP contribution is 2.35. The molecule has 2 amide bonds. The van der Waals surface area contributed by atoms with Crippen molar-refractivity contribution in [3.05, 3.63) is 27.8 Å². The zero-order valence-electron chi connectivity index (χ0n) is 13.3. The van der Waals surface area contributed by atoms with E-state index in [2.05, 4.69) is 10.4 Å². The highest BCUT2D eigenvalue weighted by Gasteiger charge is 2.28. The lowest BCUT2D eigenvalue weighted by Gasteiger charge is -2.31. The van der Waals surface area contributed by atoms with E-state index in [9.17, 15) is 4.79 Å². The monoisotopic (exact) mass is 331 g/mol. The molecule has 122 valence electrons. The number of carbonyl (C=O) groups excluding carboxylic acids is 1. The van der Waals surface area contributed by atoms with E-state index >= 15 is 0 Å². The summed E-state index contributed by atoms with van der Waals surface area (Å²) in [6, 6.07) is 1.75. The number of aryl methyl sites for hydroxylation is 3. The average molecular weight is 331 g/mol. The second-order valence-corrected chi connectivity index (χ2v) is 7.48. The second-order valence-electron chi connectivity index (χ2n) is 6.37.